The maximum absolute atomic E-state index is 2.40. The molecule has 0 atom stereocenters. The first-order valence-corrected chi connectivity index (χ1v) is 8.53. The van der Waals surface area contributed by atoms with Gasteiger partial charge in [0.2, 0.25) is 0 Å². The van der Waals surface area contributed by atoms with E-state index < -0.39 is 0 Å². The van der Waals surface area contributed by atoms with Gasteiger partial charge in [-0.3, -0.25) is 0 Å². The van der Waals surface area contributed by atoms with E-state index in [2.05, 4.69) is 72.7 Å². The first-order valence-electron chi connectivity index (χ1n) is 7.01. The summed E-state index contributed by atoms with van der Waals surface area (Å²) < 4.78 is 0. The summed E-state index contributed by atoms with van der Waals surface area (Å²) in [6.45, 7) is 16.7. The first-order chi connectivity index (χ1) is 8.16. The lowest BCUT2D eigenvalue weighted by Crippen LogP contribution is -2.26. The molecule has 1 aromatic rings. The van der Waals surface area contributed by atoms with Gasteiger partial charge < -0.3 is 0 Å². The van der Waals surface area contributed by atoms with Crippen molar-refractivity contribution in [2.24, 2.45) is 0 Å². The van der Waals surface area contributed by atoms with Gasteiger partial charge in [0.15, 0.2) is 0 Å². The minimum absolute atomic E-state index is 0.0410. The van der Waals surface area contributed by atoms with Gasteiger partial charge in [-0.25, -0.2) is 0 Å². The van der Waals surface area contributed by atoms with Crippen LogP contribution in [0.5, 0.6) is 0 Å². The summed E-state index contributed by atoms with van der Waals surface area (Å²) in [5, 5.41) is 0.822. The monoisotopic (exact) mass is 264 g/mol. The molecule has 0 nitrogen and oxygen atoms in total. The maximum Gasteiger partial charge on any atom is -0.00610 e. The van der Waals surface area contributed by atoms with Crippen LogP contribution < -0.4 is 0 Å². The first kappa shape index (κ1) is 15.7. The Labute approximate surface area is 115 Å². The minimum Gasteiger partial charge on any atom is -0.0911 e. The Kier molecular flexibility index (Phi) is 5.01. The van der Waals surface area contributed by atoms with Crippen LogP contribution >= 0.6 is 7.92 Å². The fraction of sp³-hybridized carbons (Fsp3) is 0.647. The highest BCUT2D eigenvalue weighted by Gasteiger charge is 2.34. The lowest BCUT2D eigenvalue weighted by Gasteiger charge is -2.42. The van der Waals surface area contributed by atoms with E-state index in [4.69, 9.17) is 0 Å². The van der Waals surface area contributed by atoms with Crippen molar-refractivity contribution in [3.05, 3.63) is 35.4 Å². The fourth-order valence-electron chi connectivity index (χ4n) is 2.71. The van der Waals surface area contributed by atoms with Crippen molar-refractivity contribution >= 4 is 7.92 Å². The zero-order valence-electron chi connectivity index (χ0n) is 13.2. The summed E-state index contributed by atoms with van der Waals surface area (Å²) in [4.78, 5) is 0. The molecule has 0 aromatic heterocycles. The van der Waals surface area contributed by atoms with Crippen LogP contribution in [-0.4, -0.2) is 10.3 Å². The summed E-state index contributed by atoms with van der Waals surface area (Å²) >= 11 is 0. The molecular formula is C17H29P. The Morgan fingerprint density at radius 3 is 1.67 bits per heavy atom. The van der Waals surface area contributed by atoms with Crippen molar-refractivity contribution in [1.29, 1.82) is 0 Å². The summed E-state index contributed by atoms with van der Waals surface area (Å²) in [5.41, 5.74) is 3.09. The second-order valence-corrected chi connectivity index (χ2v) is 10.9. The highest BCUT2D eigenvalue weighted by molar-refractivity contribution is 7.60. The third-order valence-corrected chi connectivity index (χ3v) is 7.34. The SMILES string of the molecule is CCc1ccccc1CP(C(C)(C)C)C(C)(C)C. The van der Waals surface area contributed by atoms with Gasteiger partial charge in [-0.05, 0) is 34.0 Å². The molecule has 0 amide bonds. The van der Waals surface area contributed by atoms with Crippen molar-refractivity contribution < 1.29 is 0 Å². The molecule has 0 radical (unpaired) electrons. The molecule has 0 aliphatic heterocycles. The van der Waals surface area contributed by atoms with E-state index in [9.17, 15) is 0 Å². The molecule has 0 spiro atoms. The van der Waals surface area contributed by atoms with Crippen LogP contribution in [-0.2, 0) is 12.6 Å². The second kappa shape index (κ2) is 5.74. The van der Waals surface area contributed by atoms with Crippen LogP contribution in [0.25, 0.3) is 0 Å². The van der Waals surface area contributed by atoms with E-state index in [1.807, 2.05) is 0 Å². The van der Waals surface area contributed by atoms with E-state index in [1.54, 1.807) is 5.56 Å². The van der Waals surface area contributed by atoms with Crippen LogP contribution in [0.15, 0.2) is 24.3 Å². The van der Waals surface area contributed by atoms with Crippen LogP contribution in [0.1, 0.15) is 59.6 Å². The molecular weight excluding hydrogens is 235 g/mol. The van der Waals surface area contributed by atoms with Crippen LogP contribution in [0.3, 0.4) is 0 Å². The van der Waals surface area contributed by atoms with Crippen LogP contribution in [0, 0.1) is 0 Å². The van der Waals surface area contributed by atoms with E-state index in [-0.39, 0.29) is 7.92 Å². The normalized spacial score (nSPS) is 13.1. The molecule has 0 fully saturated rings. The third kappa shape index (κ3) is 4.09. The van der Waals surface area contributed by atoms with Gasteiger partial charge in [0.05, 0.1) is 0 Å². The molecule has 1 heteroatoms. The smallest absolute Gasteiger partial charge is 0.00610 e. The molecule has 102 valence electrons. The highest BCUT2D eigenvalue weighted by atomic mass is 31.1. The summed E-state index contributed by atoms with van der Waals surface area (Å²) in [5.74, 6) is 0. The van der Waals surface area contributed by atoms with Gasteiger partial charge in [-0.1, -0.05) is 80.7 Å². The fourth-order valence-corrected chi connectivity index (χ4v) is 6.32. The number of rotatable bonds is 3. The van der Waals surface area contributed by atoms with E-state index in [1.165, 1.54) is 11.7 Å². The molecule has 0 aliphatic carbocycles. The van der Waals surface area contributed by atoms with E-state index >= 15 is 0 Å². The molecule has 1 rings (SSSR count). The topological polar surface area (TPSA) is 0 Å². The predicted octanol–water partition coefficient (Wildman–Crippen LogP) is 5.83. The lowest BCUT2D eigenvalue weighted by molar-refractivity contribution is 0.702. The number of aryl methyl sites for hydroxylation is 1. The largest absolute Gasteiger partial charge is 0.0911 e. The van der Waals surface area contributed by atoms with Crippen molar-refractivity contribution in [1.82, 2.24) is 0 Å². The summed E-state index contributed by atoms with van der Waals surface area (Å²) in [7, 11) is -0.0410. The average Bonchev–Trinajstić information content (AvgIpc) is 2.23. The second-order valence-electron chi connectivity index (χ2n) is 7.05. The molecule has 0 heterocycles. The van der Waals surface area contributed by atoms with E-state index in [0.29, 0.717) is 10.3 Å². The molecule has 0 bridgehead atoms. The Morgan fingerprint density at radius 2 is 1.28 bits per heavy atom. The standard InChI is InChI=1S/C17H29P/c1-8-14-11-9-10-12-15(14)13-18(16(2,3)4)17(5,6)7/h9-12H,8,13H2,1-7H3. The van der Waals surface area contributed by atoms with Gasteiger partial charge in [0.1, 0.15) is 0 Å². The molecule has 0 saturated carbocycles. The van der Waals surface area contributed by atoms with Crippen molar-refractivity contribution in [3.8, 4) is 0 Å². The Bertz CT molecular complexity index is 365. The van der Waals surface area contributed by atoms with Gasteiger partial charge in [-0.2, -0.15) is 0 Å². The van der Waals surface area contributed by atoms with E-state index in [0.717, 1.165) is 6.42 Å². The number of hydrogen-bond acceptors (Lipinski definition) is 0. The van der Waals surface area contributed by atoms with Gasteiger partial charge in [0.25, 0.3) is 0 Å². The molecule has 0 N–H and O–H groups in total. The van der Waals surface area contributed by atoms with Crippen LogP contribution in [0.2, 0.25) is 0 Å². The molecule has 0 saturated heterocycles. The van der Waals surface area contributed by atoms with Crippen molar-refractivity contribution in [2.45, 2.75) is 71.4 Å². The quantitative estimate of drug-likeness (QED) is 0.603. The number of hydrogen-bond donors (Lipinski definition) is 0. The molecule has 18 heavy (non-hydrogen) atoms. The Balaban J connectivity index is 3.05. The highest BCUT2D eigenvalue weighted by Crippen LogP contribution is 2.61. The van der Waals surface area contributed by atoms with Crippen LogP contribution in [0.4, 0.5) is 0 Å². The predicted molar refractivity (Wildman–Crippen MR) is 86.0 cm³/mol. The van der Waals surface area contributed by atoms with Crippen molar-refractivity contribution in [2.75, 3.05) is 0 Å². The lowest BCUT2D eigenvalue weighted by atomic mass is 10.1. The van der Waals surface area contributed by atoms with Crippen molar-refractivity contribution in [3.63, 3.8) is 0 Å². The summed E-state index contributed by atoms with van der Waals surface area (Å²) in [6, 6.07) is 8.96. The zero-order valence-corrected chi connectivity index (χ0v) is 14.1. The Morgan fingerprint density at radius 1 is 0.833 bits per heavy atom. The van der Waals surface area contributed by atoms with Gasteiger partial charge in [0, 0.05) is 0 Å². The summed E-state index contributed by atoms with van der Waals surface area (Å²) in [6.07, 6.45) is 2.40. The minimum atomic E-state index is -0.0410. The molecule has 0 aliphatic rings. The third-order valence-electron chi connectivity index (χ3n) is 3.45. The van der Waals surface area contributed by atoms with Gasteiger partial charge in [-0.15, -0.1) is 0 Å². The molecule has 1 aromatic carbocycles. The van der Waals surface area contributed by atoms with Gasteiger partial charge >= 0.3 is 0 Å². The molecule has 0 unspecified atom stereocenters. The average molecular weight is 264 g/mol. The Hall–Kier alpha value is -0.350. The number of benzene rings is 1. The zero-order chi connectivity index (χ0) is 14.0. The maximum atomic E-state index is 2.40.